The number of carbonyl (C=O) groups excluding carboxylic acids is 2. The number of carbonyl (C=O) groups is 3. The van der Waals surface area contributed by atoms with Crippen molar-refractivity contribution in [1.29, 1.82) is 0 Å². The van der Waals surface area contributed by atoms with Crippen LogP contribution in [-0.4, -0.2) is 86.6 Å². The molecule has 3 saturated heterocycles. The van der Waals surface area contributed by atoms with Crippen molar-refractivity contribution < 1.29 is 29.3 Å². The molecule has 2 amide bonds. The zero-order chi connectivity index (χ0) is 22.8. The second kappa shape index (κ2) is 10.0. The predicted octanol–water partition coefficient (Wildman–Crippen LogP) is 1.80. The number of aliphatic hydroxyl groups excluding tert-OH is 1. The maximum atomic E-state index is 13.8. The van der Waals surface area contributed by atoms with Crippen LogP contribution in [0.1, 0.15) is 45.4 Å². The molecule has 3 aliphatic heterocycles. The summed E-state index contributed by atoms with van der Waals surface area (Å²) in [4.78, 5) is 42.4. The molecule has 3 rings (SSSR count). The van der Waals surface area contributed by atoms with E-state index in [0.29, 0.717) is 32.4 Å². The molecule has 3 heterocycles. The van der Waals surface area contributed by atoms with Crippen LogP contribution in [0.3, 0.4) is 0 Å². The van der Waals surface area contributed by atoms with Crippen molar-refractivity contribution in [1.82, 2.24) is 9.80 Å². The first-order valence-corrected chi connectivity index (χ1v) is 12.1. The molecule has 1 spiro atoms. The number of hydrogen-bond acceptors (Lipinski definition) is 5. The summed E-state index contributed by atoms with van der Waals surface area (Å²) >= 11 is 3.54. The highest BCUT2D eigenvalue weighted by Gasteiger charge is 2.76. The Morgan fingerprint density at radius 3 is 2.71 bits per heavy atom. The molecule has 6 atom stereocenters. The summed E-state index contributed by atoms with van der Waals surface area (Å²) in [5.41, 5.74) is -1.14. The average molecular weight is 501 g/mol. The van der Waals surface area contributed by atoms with Crippen molar-refractivity contribution in [2.24, 2.45) is 11.8 Å². The van der Waals surface area contributed by atoms with Gasteiger partial charge in [-0.25, -0.2) is 0 Å². The first kappa shape index (κ1) is 24.2. The number of aliphatic hydroxyl groups is 1. The van der Waals surface area contributed by atoms with Crippen molar-refractivity contribution in [2.45, 2.75) is 68.0 Å². The van der Waals surface area contributed by atoms with Crippen LogP contribution in [0.25, 0.3) is 0 Å². The fraction of sp³-hybridized carbons (Fsp3) is 0.773. The van der Waals surface area contributed by atoms with Crippen LogP contribution < -0.4 is 0 Å². The summed E-state index contributed by atoms with van der Waals surface area (Å²) in [5, 5.41) is 19.0. The van der Waals surface area contributed by atoms with Gasteiger partial charge in [-0.15, -0.1) is 6.58 Å². The molecule has 174 valence electrons. The number of hydrogen-bond donors (Lipinski definition) is 2. The molecule has 0 radical (unpaired) electrons. The Balaban J connectivity index is 1.97. The maximum Gasteiger partial charge on any atom is 0.310 e. The Morgan fingerprint density at radius 2 is 2.10 bits per heavy atom. The van der Waals surface area contributed by atoms with Crippen LogP contribution in [0.15, 0.2) is 12.7 Å². The lowest BCUT2D eigenvalue weighted by Crippen LogP contribution is -2.57. The molecule has 1 unspecified atom stereocenters. The number of rotatable bonds is 12. The second-order valence-corrected chi connectivity index (χ2v) is 9.92. The van der Waals surface area contributed by atoms with Crippen LogP contribution >= 0.6 is 15.9 Å². The van der Waals surface area contributed by atoms with Gasteiger partial charge in [0.2, 0.25) is 11.8 Å². The van der Waals surface area contributed by atoms with E-state index in [0.717, 1.165) is 19.3 Å². The van der Waals surface area contributed by atoms with Gasteiger partial charge in [0.05, 0.1) is 17.9 Å². The van der Waals surface area contributed by atoms with Crippen molar-refractivity contribution in [3.8, 4) is 0 Å². The SMILES string of the molecule is C=CCN(CCCCC)C(=O)[C@@H]1N(CCCCO)C(=O)[C@H]2[C@H](C(=O)O)[C@H]3O[C@@]12CC3Br. The van der Waals surface area contributed by atoms with E-state index < -0.39 is 35.6 Å². The largest absolute Gasteiger partial charge is 0.481 e. The van der Waals surface area contributed by atoms with E-state index in [9.17, 15) is 24.6 Å². The van der Waals surface area contributed by atoms with Gasteiger partial charge in [0.15, 0.2) is 0 Å². The maximum absolute atomic E-state index is 13.8. The Morgan fingerprint density at radius 1 is 1.35 bits per heavy atom. The third-order valence-corrected chi connectivity index (χ3v) is 7.65. The molecule has 0 aromatic rings. The normalized spacial score (nSPS) is 33.6. The lowest BCUT2D eigenvalue weighted by molar-refractivity contribution is -0.150. The van der Waals surface area contributed by atoms with Gasteiger partial charge in [-0.2, -0.15) is 0 Å². The van der Waals surface area contributed by atoms with Gasteiger partial charge in [-0.05, 0) is 25.7 Å². The van der Waals surface area contributed by atoms with Crippen molar-refractivity contribution in [2.75, 3.05) is 26.2 Å². The van der Waals surface area contributed by atoms with Gasteiger partial charge in [-0.1, -0.05) is 41.8 Å². The molecule has 0 aromatic heterocycles. The third-order valence-electron chi connectivity index (χ3n) is 6.81. The fourth-order valence-electron chi connectivity index (χ4n) is 5.50. The number of aliphatic carboxylic acids is 1. The lowest BCUT2D eigenvalue weighted by Gasteiger charge is -2.37. The van der Waals surface area contributed by atoms with Crippen LogP contribution in [0.2, 0.25) is 0 Å². The number of alkyl halides is 1. The van der Waals surface area contributed by atoms with Gasteiger partial charge >= 0.3 is 5.97 Å². The minimum atomic E-state index is -1.14. The number of carboxylic acids is 1. The minimum Gasteiger partial charge on any atom is -0.481 e. The molecule has 3 aliphatic rings. The van der Waals surface area contributed by atoms with E-state index in [1.54, 1.807) is 11.0 Å². The Kier molecular flexibility index (Phi) is 7.81. The zero-order valence-corrected chi connectivity index (χ0v) is 19.6. The second-order valence-electron chi connectivity index (χ2n) is 8.74. The summed E-state index contributed by atoms with van der Waals surface area (Å²) in [6.45, 7) is 7.07. The van der Waals surface area contributed by atoms with Gasteiger partial charge in [0.25, 0.3) is 0 Å². The highest BCUT2D eigenvalue weighted by Crippen LogP contribution is 2.60. The van der Waals surface area contributed by atoms with Gasteiger partial charge in [-0.3, -0.25) is 14.4 Å². The molecule has 31 heavy (non-hydrogen) atoms. The number of carboxylic acid groups (broad SMARTS) is 1. The number of likely N-dealkylation sites (tertiary alicyclic amines) is 1. The van der Waals surface area contributed by atoms with Crippen molar-refractivity contribution in [3.63, 3.8) is 0 Å². The highest BCUT2D eigenvalue weighted by atomic mass is 79.9. The summed E-state index contributed by atoms with van der Waals surface area (Å²) in [6, 6.07) is -0.861. The topological polar surface area (TPSA) is 107 Å². The monoisotopic (exact) mass is 500 g/mol. The molecule has 0 saturated carbocycles. The summed E-state index contributed by atoms with van der Waals surface area (Å²) in [7, 11) is 0. The smallest absolute Gasteiger partial charge is 0.310 e. The molecule has 0 aliphatic carbocycles. The number of fused-ring (bicyclic) bond motifs is 1. The molecular weight excluding hydrogens is 468 g/mol. The summed E-state index contributed by atoms with van der Waals surface area (Å²) in [5.74, 6) is -3.44. The standard InChI is InChI=1S/C22H33BrN2O6/c1-3-5-6-10-24(9-4-2)20(28)18-22-13-14(23)17(31-22)15(21(29)30)16(22)19(27)25(18)11-7-8-12-26/h4,14-18,26H,2-3,5-13H2,1H3,(H,29,30)/t14?,15-,16+,17-,18-,22+/m0/s1. The molecule has 2 N–H and O–H groups in total. The van der Waals surface area contributed by atoms with Crippen molar-refractivity contribution >= 4 is 33.7 Å². The van der Waals surface area contributed by atoms with Crippen LogP contribution in [-0.2, 0) is 19.1 Å². The van der Waals surface area contributed by atoms with E-state index in [2.05, 4.69) is 29.4 Å². The molecule has 2 bridgehead atoms. The van der Waals surface area contributed by atoms with Crippen molar-refractivity contribution in [3.05, 3.63) is 12.7 Å². The van der Waals surface area contributed by atoms with Crippen LogP contribution in [0.5, 0.6) is 0 Å². The van der Waals surface area contributed by atoms with Crippen LogP contribution in [0.4, 0.5) is 0 Å². The number of amides is 2. The zero-order valence-electron chi connectivity index (χ0n) is 18.0. The first-order chi connectivity index (χ1) is 14.8. The van der Waals surface area contributed by atoms with E-state index in [1.807, 2.05) is 0 Å². The van der Waals surface area contributed by atoms with E-state index >= 15 is 0 Å². The Bertz CT molecular complexity index is 718. The molecule has 9 heteroatoms. The highest BCUT2D eigenvalue weighted by molar-refractivity contribution is 9.09. The molecular formula is C22H33BrN2O6. The lowest BCUT2D eigenvalue weighted by atomic mass is 9.70. The molecule has 0 aromatic carbocycles. The van der Waals surface area contributed by atoms with Gasteiger partial charge in [0, 0.05) is 31.1 Å². The Labute approximate surface area is 191 Å². The molecule has 3 fully saturated rings. The fourth-order valence-corrected chi connectivity index (χ4v) is 6.44. The predicted molar refractivity (Wildman–Crippen MR) is 118 cm³/mol. The average Bonchev–Trinajstić information content (AvgIpc) is 3.31. The summed E-state index contributed by atoms with van der Waals surface area (Å²) in [6.07, 6.45) is 5.35. The molecule has 8 nitrogen and oxygen atoms in total. The van der Waals surface area contributed by atoms with Gasteiger partial charge in [0.1, 0.15) is 11.6 Å². The quantitative estimate of drug-likeness (QED) is 0.240. The van der Waals surface area contributed by atoms with E-state index in [1.165, 1.54) is 4.90 Å². The Hall–Kier alpha value is -1.45. The first-order valence-electron chi connectivity index (χ1n) is 11.2. The number of halogens is 1. The number of nitrogens with zero attached hydrogens (tertiary/aromatic N) is 2. The van der Waals surface area contributed by atoms with E-state index in [4.69, 9.17) is 4.74 Å². The minimum absolute atomic E-state index is 0.00534. The van der Waals surface area contributed by atoms with Crippen LogP contribution in [0, 0.1) is 11.8 Å². The summed E-state index contributed by atoms with van der Waals surface area (Å²) < 4.78 is 6.25. The van der Waals surface area contributed by atoms with Gasteiger partial charge < -0.3 is 24.7 Å². The number of ether oxygens (including phenoxy) is 1. The third kappa shape index (κ3) is 4.16. The number of unbranched alkanes of at least 4 members (excludes halogenated alkanes) is 3. The van der Waals surface area contributed by atoms with E-state index in [-0.39, 0.29) is 29.8 Å².